The molecule has 0 spiro atoms. The molecule has 19 heavy (non-hydrogen) atoms. The molecule has 2 N–H and O–H groups in total. The van der Waals surface area contributed by atoms with Crippen molar-refractivity contribution in [1.82, 2.24) is 4.90 Å². The lowest BCUT2D eigenvalue weighted by molar-refractivity contribution is -0.00269. The Hall–Kier alpha value is -1.85. The van der Waals surface area contributed by atoms with E-state index in [-0.39, 0.29) is 6.10 Å². The van der Waals surface area contributed by atoms with Crippen molar-refractivity contribution >= 4 is 0 Å². The van der Waals surface area contributed by atoms with Crippen LogP contribution in [0.4, 0.5) is 0 Å². The fraction of sp³-hybridized carbons (Fsp3) is 0.400. The molecular formula is C15H17N3O. The molecular weight excluding hydrogens is 238 g/mol. The smallest absolute Gasteiger partial charge is 0.156 e. The van der Waals surface area contributed by atoms with Crippen molar-refractivity contribution in [3.63, 3.8) is 0 Å². The maximum absolute atomic E-state index is 8.87. The third-order valence-corrected chi connectivity index (χ3v) is 2.99. The van der Waals surface area contributed by atoms with Crippen LogP contribution in [0.25, 0.3) is 0 Å². The number of nitriles is 1. The molecule has 1 aromatic carbocycles. The standard InChI is InChI=1S/C15H17N3O/c16-7-1-2-13-3-5-14(6-4-13)11-18-8-9-19-15(10-17)12-18/h3-6,15H,7-9,11-12,16H2. The summed E-state index contributed by atoms with van der Waals surface area (Å²) >= 11 is 0. The Morgan fingerprint density at radius 3 is 2.84 bits per heavy atom. The molecule has 98 valence electrons. The summed E-state index contributed by atoms with van der Waals surface area (Å²) in [6.07, 6.45) is -0.302. The average Bonchev–Trinajstić information content (AvgIpc) is 2.47. The zero-order valence-corrected chi connectivity index (χ0v) is 10.8. The van der Waals surface area contributed by atoms with E-state index in [4.69, 9.17) is 15.7 Å². The summed E-state index contributed by atoms with van der Waals surface area (Å²) in [7, 11) is 0. The molecule has 0 radical (unpaired) electrons. The van der Waals surface area contributed by atoms with Gasteiger partial charge >= 0.3 is 0 Å². The van der Waals surface area contributed by atoms with Gasteiger partial charge in [-0.3, -0.25) is 4.90 Å². The Balaban J connectivity index is 1.94. The molecule has 4 heteroatoms. The highest BCUT2D eigenvalue weighted by molar-refractivity contribution is 5.36. The predicted octanol–water partition coefficient (Wildman–Crippen LogP) is 0.721. The Kier molecular flexibility index (Phi) is 4.94. The number of morpholine rings is 1. The zero-order chi connectivity index (χ0) is 13.5. The van der Waals surface area contributed by atoms with Gasteiger partial charge in [-0.1, -0.05) is 24.0 Å². The minimum absolute atomic E-state index is 0.302. The second-order valence-electron chi connectivity index (χ2n) is 4.43. The van der Waals surface area contributed by atoms with E-state index in [9.17, 15) is 0 Å². The van der Waals surface area contributed by atoms with Gasteiger partial charge in [-0.15, -0.1) is 0 Å². The minimum Gasteiger partial charge on any atom is -0.361 e. The molecule has 1 saturated heterocycles. The normalized spacial score (nSPS) is 19.3. The molecule has 0 aromatic heterocycles. The van der Waals surface area contributed by atoms with Crippen LogP contribution in [0.2, 0.25) is 0 Å². The van der Waals surface area contributed by atoms with Crippen LogP contribution in [0.1, 0.15) is 11.1 Å². The molecule has 1 fully saturated rings. The van der Waals surface area contributed by atoms with E-state index in [0.717, 1.165) is 18.7 Å². The van der Waals surface area contributed by atoms with E-state index in [1.807, 2.05) is 12.1 Å². The third-order valence-electron chi connectivity index (χ3n) is 2.99. The van der Waals surface area contributed by atoms with Gasteiger partial charge in [-0.25, -0.2) is 0 Å². The second-order valence-corrected chi connectivity index (χ2v) is 4.43. The predicted molar refractivity (Wildman–Crippen MR) is 73.0 cm³/mol. The third kappa shape index (κ3) is 4.08. The number of hydrogen-bond acceptors (Lipinski definition) is 4. The SMILES string of the molecule is N#CC1CN(Cc2ccc(C#CCN)cc2)CCO1. The number of benzene rings is 1. The number of nitrogens with two attached hydrogens (primary N) is 1. The van der Waals surface area contributed by atoms with Crippen molar-refractivity contribution in [2.24, 2.45) is 5.73 Å². The van der Waals surface area contributed by atoms with Crippen LogP contribution in [0.3, 0.4) is 0 Å². The molecule has 1 aromatic rings. The molecule has 0 amide bonds. The Morgan fingerprint density at radius 1 is 1.37 bits per heavy atom. The van der Waals surface area contributed by atoms with Crippen molar-refractivity contribution in [1.29, 1.82) is 5.26 Å². The summed E-state index contributed by atoms with van der Waals surface area (Å²) < 4.78 is 5.33. The fourth-order valence-corrected chi connectivity index (χ4v) is 2.03. The van der Waals surface area contributed by atoms with Gasteiger partial charge in [-0.2, -0.15) is 5.26 Å². The Morgan fingerprint density at radius 2 is 2.16 bits per heavy atom. The van der Waals surface area contributed by atoms with Gasteiger partial charge in [0.15, 0.2) is 6.10 Å². The van der Waals surface area contributed by atoms with E-state index in [2.05, 4.69) is 34.9 Å². The maximum atomic E-state index is 8.87. The molecule has 2 rings (SSSR count). The van der Waals surface area contributed by atoms with Crippen LogP contribution in [0.5, 0.6) is 0 Å². The van der Waals surface area contributed by atoms with Crippen molar-refractivity contribution in [3.05, 3.63) is 35.4 Å². The van der Waals surface area contributed by atoms with Crippen LogP contribution in [-0.2, 0) is 11.3 Å². The molecule has 1 atom stereocenters. The van der Waals surface area contributed by atoms with Crippen LogP contribution in [0, 0.1) is 23.2 Å². The largest absolute Gasteiger partial charge is 0.361 e. The van der Waals surface area contributed by atoms with E-state index in [0.29, 0.717) is 19.7 Å². The summed E-state index contributed by atoms with van der Waals surface area (Å²) in [5.41, 5.74) is 7.53. The zero-order valence-electron chi connectivity index (χ0n) is 10.8. The van der Waals surface area contributed by atoms with Gasteiger partial charge in [0.25, 0.3) is 0 Å². The lowest BCUT2D eigenvalue weighted by Gasteiger charge is -2.29. The lowest BCUT2D eigenvalue weighted by Crippen LogP contribution is -2.41. The highest BCUT2D eigenvalue weighted by Gasteiger charge is 2.19. The second kappa shape index (κ2) is 6.92. The van der Waals surface area contributed by atoms with Crippen LogP contribution >= 0.6 is 0 Å². The first kappa shape index (κ1) is 13.6. The highest BCUT2D eigenvalue weighted by atomic mass is 16.5. The summed E-state index contributed by atoms with van der Waals surface area (Å²) in [6.45, 7) is 3.38. The number of ether oxygens (including phenoxy) is 1. The van der Waals surface area contributed by atoms with E-state index in [1.54, 1.807) is 0 Å². The minimum atomic E-state index is -0.302. The van der Waals surface area contributed by atoms with E-state index < -0.39 is 0 Å². The van der Waals surface area contributed by atoms with Crippen molar-refractivity contribution < 1.29 is 4.74 Å². The van der Waals surface area contributed by atoms with Gasteiger partial charge in [0.2, 0.25) is 0 Å². The molecule has 0 bridgehead atoms. The topological polar surface area (TPSA) is 62.3 Å². The first-order valence-electron chi connectivity index (χ1n) is 6.33. The van der Waals surface area contributed by atoms with Crippen molar-refractivity contribution in [2.45, 2.75) is 12.6 Å². The van der Waals surface area contributed by atoms with Gasteiger partial charge in [0.1, 0.15) is 0 Å². The Labute approximate surface area is 113 Å². The summed E-state index contributed by atoms with van der Waals surface area (Å²) in [6, 6.07) is 10.3. The molecule has 1 aliphatic heterocycles. The quantitative estimate of drug-likeness (QED) is 0.791. The summed E-state index contributed by atoms with van der Waals surface area (Å²) in [5.74, 6) is 5.83. The highest BCUT2D eigenvalue weighted by Crippen LogP contribution is 2.11. The summed E-state index contributed by atoms with van der Waals surface area (Å²) in [4.78, 5) is 2.23. The Bertz CT molecular complexity index is 507. The van der Waals surface area contributed by atoms with E-state index in [1.165, 1.54) is 5.56 Å². The maximum Gasteiger partial charge on any atom is 0.156 e. The lowest BCUT2D eigenvalue weighted by atomic mass is 10.1. The van der Waals surface area contributed by atoms with Crippen LogP contribution < -0.4 is 5.73 Å². The molecule has 1 unspecified atom stereocenters. The van der Waals surface area contributed by atoms with Crippen molar-refractivity contribution in [3.8, 4) is 17.9 Å². The van der Waals surface area contributed by atoms with Gasteiger partial charge in [0.05, 0.1) is 19.2 Å². The van der Waals surface area contributed by atoms with Crippen LogP contribution in [-0.4, -0.2) is 37.2 Å². The average molecular weight is 255 g/mol. The number of nitrogens with zero attached hydrogens (tertiary/aromatic N) is 2. The van der Waals surface area contributed by atoms with Gasteiger partial charge in [0, 0.05) is 25.2 Å². The summed E-state index contributed by atoms with van der Waals surface area (Å²) in [5, 5.41) is 8.87. The van der Waals surface area contributed by atoms with E-state index >= 15 is 0 Å². The first-order chi connectivity index (χ1) is 9.31. The number of rotatable bonds is 2. The van der Waals surface area contributed by atoms with Gasteiger partial charge < -0.3 is 10.5 Å². The molecule has 0 saturated carbocycles. The monoisotopic (exact) mass is 255 g/mol. The number of hydrogen-bond donors (Lipinski definition) is 1. The van der Waals surface area contributed by atoms with Crippen LogP contribution in [0.15, 0.2) is 24.3 Å². The van der Waals surface area contributed by atoms with Gasteiger partial charge in [-0.05, 0) is 17.7 Å². The molecule has 0 aliphatic carbocycles. The first-order valence-corrected chi connectivity index (χ1v) is 6.33. The van der Waals surface area contributed by atoms with Crippen molar-refractivity contribution in [2.75, 3.05) is 26.2 Å². The molecule has 4 nitrogen and oxygen atoms in total. The molecule has 1 aliphatic rings. The fourth-order valence-electron chi connectivity index (χ4n) is 2.03. The molecule has 1 heterocycles.